The van der Waals surface area contributed by atoms with Crippen LogP contribution < -0.4 is 5.32 Å². The highest BCUT2D eigenvalue weighted by atomic mass is 32.1. The van der Waals surface area contributed by atoms with Crippen LogP contribution in [0.2, 0.25) is 0 Å². The number of hydrogen-bond donors (Lipinski definition) is 3. The van der Waals surface area contributed by atoms with Crippen molar-refractivity contribution in [1.82, 2.24) is 19.5 Å². The number of fused-ring (bicyclic) bond motifs is 2. The third-order valence-electron chi connectivity index (χ3n) is 7.03. The van der Waals surface area contributed by atoms with Gasteiger partial charge in [0.15, 0.2) is 17.0 Å². The summed E-state index contributed by atoms with van der Waals surface area (Å²) in [4.78, 5) is 28.2. The molecule has 9 heteroatoms. The van der Waals surface area contributed by atoms with Crippen LogP contribution in [0.1, 0.15) is 47.8 Å². The quantitative estimate of drug-likeness (QED) is 0.523. The van der Waals surface area contributed by atoms with Crippen LogP contribution in [0.25, 0.3) is 11.2 Å². The molecule has 3 aliphatic rings. The van der Waals surface area contributed by atoms with Crippen molar-refractivity contribution in [3.8, 4) is 11.8 Å². The molecule has 3 heterocycles. The summed E-state index contributed by atoms with van der Waals surface area (Å²) in [5, 5.41) is 24.9. The summed E-state index contributed by atoms with van der Waals surface area (Å²) in [6.07, 6.45) is 2.21. The molecule has 0 aliphatic heterocycles. The number of aromatic nitrogens is 4. The molecule has 0 spiro atoms. The van der Waals surface area contributed by atoms with Crippen LogP contribution in [0.4, 0.5) is 5.82 Å². The van der Waals surface area contributed by atoms with Crippen LogP contribution in [0.5, 0.6) is 0 Å². The van der Waals surface area contributed by atoms with Gasteiger partial charge in [-0.1, -0.05) is 0 Å². The van der Waals surface area contributed by atoms with Crippen molar-refractivity contribution >= 4 is 34.1 Å². The van der Waals surface area contributed by atoms with Gasteiger partial charge in [0, 0.05) is 10.9 Å². The minimum absolute atomic E-state index is 0.0792. The average Bonchev–Trinajstić information content (AvgIpc) is 3.61. The van der Waals surface area contributed by atoms with Crippen LogP contribution in [0.3, 0.4) is 0 Å². The van der Waals surface area contributed by atoms with Crippen molar-refractivity contribution in [2.75, 3.05) is 5.32 Å². The first-order valence-electron chi connectivity index (χ1n) is 10.9. The van der Waals surface area contributed by atoms with Gasteiger partial charge in [0.1, 0.15) is 11.9 Å². The molecule has 3 fully saturated rings. The summed E-state index contributed by atoms with van der Waals surface area (Å²) in [7, 11) is 0. The van der Waals surface area contributed by atoms with E-state index in [-0.39, 0.29) is 11.7 Å². The van der Waals surface area contributed by atoms with E-state index >= 15 is 0 Å². The van der Waals surface area contributed by atoms with Gasteiger partial charge in [-0.25, -0.2) is 15.0 Å². The molecule has 32 heavy (non-hydrogen) atoms. The van der Waals surface area contributed by atoms with Crippen LogP contribution in [0, 0.1) is 30.1 Å². The highest BCUT2D eigenvalue weighted by Gasteiger charge is 2.74. The summed E-state index contributed by atoms with van der Waals surface area (Å²) < 4.78 is 1.80. The topological polar surface area (TPSA) is 113 Å². The summed E-state index contributed by atoms with van der Waals surface area (Å²) in [6, 6.07) is 3.90. The second kappa shape index (κ2) is 6.85. The number of aliphatic hydroxyl groups is 2. The normalized spacial score (nSPS) is 30.6. The zero-order chi connectivity index (χ0) is 22.2. The Labute approximate surface area is 188 Å². The van der Waals surface area contributed by atoms with E-state index in [2.05, 4.69) is 32.1 Å². The van der Waals surface area contributed by atoms with Crippen molar-refractivity contribution < 1.29 is 15.0 Å². The number of Topliss-reactive ketones (excluding diaryl/α,β-unsaturated/α-hetero) is 1. The maximum absolute atomic E-state index is 12.3. The highest BCUT2D eigenvalue weighted by Crippen LogP contribution is 2.68. The molecule has 5 atom stereocenters. The Morgan fingerprint density at radius 3 is 2.75 bits per heavy atom. The van der Waals surface area contributed by atoms with E-state index in [1.165, 1.54) is 11.8 Å². The van der Waals surface area contributed by atoms with Gasteiger partial charge in [-0.2, -0.15) is 0 Å². The predicted octanol–water partition coefficient (Wildman–Crippen LogP) is 2.04. The highest BCUT2D eigenvalue weighted by molar-refractivity contribution is 7.12. The number of nitrogens with zero attached hydrogens (tertiary/aromatic N) is 4. The molecule has 3 aliphatic carbocycles. The Morgan fingerprint density at radius 1 is 1.28 bits per heavy atom. The van der Waals surface area contributed by atoms with Gasteiger partial charge in [-0.15, -0.1) is 11.3 Å². The molecule has 0 radical (unpaired) electrons. The van der Waals surface area contributed by atoms with Crippen molar-refractivity contribution in [1.29, 1.82) is 0 Å². The van der Waals surface area contributed by atoms with E-state index in [1.54, 1.807) is 22.2 Å². The van der Waals surface area contributed by atoms with Crippen LogP contribution >= 0.6 is 11.3 Å². The summed E-state index contributed by atoms with van der Waals surface area (Å²) in [6.45, 7) is 3.53. The molecule has 3 N–H and O–H groups in total. The van der Waals surface area contributed by atoms with Crippen LogP contribution in [-0.2, 0) is 4.79 Å². The SMILES string of the molecule is CC(=O)[C@]12CC1[C@@H](n1cnc3c(NC4CC4)nc(C#Cc4ccc(C)s4)nc31)[C@H](O)C2O. The van der Waals surface area contributed by atoms with E-state index in [1.807, 2.05) is 19.1 Å². The van der Waals surface area contributed by atoms with Gasteiger partial charge < -0.3 is 20.1 Å². The molecule has 3 aromatic rings. The number of aliphatic hydroxyl groups excluding tert-OH is 2. The maximum atomic E-state index is 12.3. The number of imidazole rings is 1. The molecule has 0 amide bonds. The number of carbonyl (C=O) groups is 1. The van der Waals surface area contributed by atoms with E-state index in [9.17, 15) is 15.0 Å². The molecule has 2 unspecified atom stereocenters. The van der Waals surface area contributed by atoms with E-state index < -0.39 is 23.7 Å². The predicted molar refractivity (Wildman–Crippen MR) is 119 cm³/mol. The molecule has 0 bridgehead atoms. The van der Waals surface area contributed by atoms with Gasteiger partial charge in [-0.3, -0.25) is 4.79 Å². The summed E-state index contributed by atoms with van der Waals surface area (Å²) >= 11 is 1.61. The summed E-state index contributed by atoms with van der Waals surface area (Å²) in [5.74, 6) is 6.98. The Hall–Kier alpha value is -2.80. The lowest BCUT2D eigenvalue weighted by atomic mass is 9.95. The molecule has 8 nitrogen and oxygen atoms in total. The van der Waals surface area contributed by atoms with E-state index in [0.29, 0.717) is 35.3 Å². The number of anilines is 1. The van der Waals surface area contributed by atoms with Gasteiger partial charge >= 0.3 is 0 Å². The van der Waals surface area contributed by atoms with Crippen molar-refractivity contribution in [2.45, 2.75) is 57.4 Å². The molecular formula is C23H23N5O3S. The minimum atomic E-state index is -1.08. The lowest BCUT2D eigenvalue weighted by Crippen LogP contribution is -2.36. The number of ketones is 1. The van der Waals surface area contributed by atoms with Crippen LogP contribution in [0.15, 0.2) is 18.5 Å². The Balaban J connectivity index is 1.44. The van der Waals surface area contributed by atoms with Crippen molar-refractivity contribution in [2.24, 2.45) is 11.3 Å². The molecule has 0 saturated heterocycles. The maximum Gasteiger partial charge on any atom is 0.209 e. The number of thiophene rings is 1. The molecule has 3 aromatic heterocycles. The average molecular weight is 450 g/mol. The molecule has 0 aromatic carbocycles. The lowest BCUT2D eigenvalue weighted by Gasteiger charge is -2.23. The number of hydrogen-bond acceptors (Lipinski definition) is 8. The third kappa shape index (κ3) is 2.90. The zero-order valence-electron chi connectivity index (χ0n) is 17.7. The fourth-order valence-electron chi connectivity index (χ4n) is 5.10. The second-order valence-electron chi connectivity index (χ2n) is 9.13. The zero-order valence-corrected chi connectivity index (χ0v) is 18.6. The third-order valence-corrected chi connectivity index (χ3v) is 7.94. The fraction of sp³-hybridized carbons (Fsp3) is 0.478. The Morgan fingerprint density at radius 2 is 2.09 bits per heavy atom. The van der Waals surface area contributed by atoms with Gasteiger partial charge in [-0.05, 0) is 63.0 Å². The second-order valence-corrected chi connectivity index (χ2v) is 10.4. The van der Waals surface area contributed by atoms with E-state index in [0.717, 1.165) is 17.7 Å². The Kier molecular flexibility index (Phi) is 4.25. The number of aryl methyl sites for hydroxylation is 1. The van der Waals surface area contributed by atoms with E-state index in [4.69, 9.17) is 0 Å². The first-order chi connectivity index (χ1) is 15.4. The smallest absolute Gasteiger partial charge is 0.209 e. The standard InChI is InChI=1S/C23H23N5O3S/c1-11-3-6-14(32-11)7-8-16-26-21(25-13-4-5-13)17-22(27-16)28(10-24-17)18-15-9-23(15,12(2)29)20(31)19(18)30/h3,6,10,13,15,18-20,30-31H,4-5,9H2,1-2H3,(H,25,26,27)/t15?,18-,19+,20?,23-/m1/s1. The van der Waals surface area contributed by atoms with Crippen molar-refractivity contribution in [3.05, 3.63) is 34.0 Å². The summed E-state index contributed by atoms with van der Waals surface area (Å²) in [5.41, 5.74) is 0.303. The lowest BCUT2D eigenvalue weighted by molar-refractivity contribution is -0.128. The van der Waals surface area contributed by atoms with Gasteiger partial charge in [0.05, 0.1) is 28.8 Å². The van der Waals surface area contributed by atoms with Gasteiger partial charge in [0.25, 0.3) is 0 Å². The Bertz CT molecular complexity index is 1320. The molecule has 3 saturated carbocycles. The van der Waals surface area contributed by atoms with Gasteiger partial charge in [0.2, 0.25) is 5.82 Å². The molecule has 6 rings (SSSR count). The molecule has 164 valence electrons. The number of nitrogens with one attached hydrogen (secondary N) is 1. The minimum Gasteiger partial charge on any atom is -0.389 e. The van der Waals surface area contributed by atoms with Crippen LogP contribution in [-0.4, -0.2) is 53.8 Å². The number of rotatable bonds is 4. The largest absolute Gasteiger partial charge is 0.389 e. The first-order valence-corrected chi connectivity index (χ1v) is 11.7. The molecular weight excluding hydrogens is 426 g/mol. The monoisotopic (exact) mass is 449 g/mol. The van der Waals surface area contributed by atoms with Crippen molar-refractivity contribution in [3.63, 3.8) is 0 Å². The number of carbonyl (C=O) groups excluding carboxylic acids is 1. The fourth-order valence-corrected chi connectivity index (χ4v) is 5.82. The first kappa shape index (κ1) is 19.9.